The van der Waals surface area contributed by atoms with Crippen molar-refractivity contribution in [1.82, 2.24) is 10.6 Å². The number of rotatable bonds is 8. The van der Waals surface area contributed by atoms with Crippen molar-refractivity contribution in [2.24, 2.45) is 0 Å². The average Bonchev–Trinajstić information content (AvgIpc) is 2.72. The lowest BCUT2D eigenvalue weighted by Gasteiger charge is -2.25. The molecule has 1 aliphatic rings. The second kappa shape index (κ2) is 11.4. The molecule has 0 aromatic heterocycles. The van der Waals surface area contributed by atoms with Gasteiger partial charge in [-0.3, -0.25) is 14.9 Å². The topological polar surface area (TPSA) is 101 Å². The molecular formula is C21H33N4O4+. The first-order chi connectivity index (χ1) is 13.9. The molecule has 0 spiro atoms. The van der Waals surface area contributed by atoms with E-state index < -0.39 is 12.1 Å². The third-order valence-corrected chi connectivity index (χ3v) is 5.40. The minimum absolute atomic E-state index is 0.126. The molecule has 0 bridgehead atoms. The first-order valence-corrected chi connectivity index (χ1v) is 10.3. The second-order valence-electron chi connectivity index (χ2n) is 7.48. The maximum absolute atomic E-state index is 12.5. The highest BCUT2D eigenvalue weighted by Gasteiger charge is 2.28. The Balaban J connectivity index is 1.82. The molecule has 0 heterocycles. The molecule has 4 N–H and O–H groups in total. The molecule has 1 aromatic carbocycles. The zero-order chi connectivity index (χ0) is 21.2. The monoisotopic (exact) mass is 405 g/mol. The fraction of sp³-hybridized carbons (Fsp3) is 0.571. The number of hydrogen-bond donors (Lipinski definition) is 4. The Bertz CT molecular complexity index is 686. The number of likely N-dealkylation sites (N-methyl/N-ethyl adjacent to an activating group) is 1. The predicted octanol–water partition coefficient (Wildman–Crippen LogP) is 1.09. The van der Waals surface area contributed by atoms with Gasteiger partial charge < -0.3 is 20.3 Å². The molecule has 8 nitrogen and oxygen atoms in total. The summed E-state index contributed by atoms with van der Waals surface area (Å²) in [5, 5.41) is 8.12. The summed E-state index contributed by atoms with van der Waals surface area (Å²) in [6, 6.07) is 6.20. The van der Waals surface area contributed by atoms with Crippen LogP contribution >= 0.6 is 0 Å². The Labute approximate surface area is 172 Å². The highest BCUT2D eigenvalue weighted by molar-refractivity contribution is 5.96. The number of urea groups is 1. The van der Waals surface area contributed by atoms with Crippen LogP contribution in [-0.2, 0) is 9.59 Å². The van der Waals surface area contributed by atoms with Gasteiger partial charge in [0.25, 0.3) is 11.8 Å². The summed E-state index contributed by atoms with van der Waals surface area (Å²) in [4.78, 5) is 37.7. The van der Waals surface area contributed by atoms with Crippen LogP contribution in [0.4, 0.5) is 10.5 Å². The molecule has 160 valence electrons. The van der Waals surface area contributed by atoms with Crippen LogP contribution in [0.25, 0.3) is 0 Å². The molecule has 4 amide bonds. The first kappa shape index (κ1) is 22.7. The summed E-state index contributed by atoms with van der Waals surface area (Å²) in [5.41, 5.74) is 0.662. The van der Waals surface area contributed by atoms with Crippen LogP contribution in [-0.4, -0.2) is 50.1 Å². The van der Waals surface area contributed by atoms with E-state index in [1.54, 1.807) is 38.3 Å². The number of carbonyl (C=O) groups excluding carboxylic acids is 3. The van der Waals surface area contributed by atoms with Gasteiger partial charge in [-0.25, -0.2) is 4.79 Å². The van der Waals surface area contributed by atoms with Gasteiger partial charge in [0.15, 0.2) is 12.6 Å². The molecule has 1 unspecified atom stereocenters. The summed E-state index contributed by atoms with van der Waals surface area (Å²) in [7, 11) is 1.58. The van der Waals surface area contributed by atoms with E-state index >= 15 is 0 Å². The van der Waals surface area contributed by atoms with Gasteiger partial charge in [0, 0.05) is 11.7 Å². The number of anilines is 1. The fourth-order valence-electron chi connectivity index (χ4n) is 3.54. The van der Waals surface area contributed by atoms with Crippen LogP contribution in [0.15, 0.2) is 24.3 Å². The Morgan fingerprint density at radius 3 is 2.38 bits per heavy atom. The van der Waals surface area contributed by atoms with Crippen LogP contribution in [0.2, 0.25) is 0 Å². The summed E-state index contributed by atoms with van der Waals surface area (Å²) in [5.74, 6) is 0.131. The van der Waals surface area contributed by atoms with Crippen molar-refractivity contribution in [3.8, 4) is 5.75 Å². The van der Waals surface area contributed by atoms with Crippen molar-refractivity contribution in [3.05, 3.63) is 24.3 Å². The van der Waals surface area contributed by atoms with Gasteiger partial charge in [0.1, 0.15) is 5.75 Å². The van der Waals surface area contributed by atoms with Crippen LogP contribution in [0.5, 0.6) is 5.75 Å². The third-order valence-electron chi connectivity index (χ3n) is 5.40. The summed E-state index contributed by atoms with van der Waals surface area (Å²) < 4.78 is 5.10. The van der Waals surface area contributed by atoms with E-state index in [1.807, 2.05) is 6.92 Å². The maximum Gasteiger partial charge on any atom is 0.321 e. The number of benzene rings is 1. The molecular weight excluding hydrogens is 372 g/mol. The van der Waals surface area contributed by atoms with Crippen molar-refractivity contribution in [1.29, 1.82) is 0 Å². The number of carbonyl (C=O) groups is 3. The number of quaternary nitrogens is 1. The van der Waals surface area contributed by atoms with Gasteiger partial charge in [0.2, 0.25) is 0 Å². The number of ether oxygens (including phenoxy) is 1. The summed E-state index contributed by atoms with van der Waals surface area (Å²) in [6.45, 7) is 4.33. The van der Waals surface area contributed by atoms with Gasteiger partial charge in [-0.05, 0) is 51.0 Å². The van der Waals surface area contributed by atoms with E-state index in [1.165, 1.54) is 6.42 Å². The van der Waals surface area contributed by atoms with E-state index in [9.17, 15) is 14.4 Å². The van der Waals surface area contributed by atoms with Crippen molar-refractivity contribution in [2.45, 2.75) is 58.0 Å². The van der Waals surface area contributed by atoms with E-state index in [-0.39, 0.29) is 24.4 Å². The van der Waals surface area contributed by atoms with Crippen molar-refractivity contribution in [3.63, 3.8) is 0 Å². The quantitative estimate of drug-likeness (QED) is 0.520. The first-order valence-electron chi connectivity index (χ1n) is 10.3. The number of methoxy groups -OCH3 is 1. The molecule has 2 rings (SSSR count). The molecule has 1 aromatic rings. The Kier molecular flexibility index (Phi) is 8.92. The highest BCUT2D eigenvalue weighted by Crippen LogP contribution is 2.17. The van der Waals surface area contributed by atoms with Crippen molar-refractivity contribution >= 4 is 23.5 Å². The van der Waals surface area contributed by atoms with Crippen LogP contribution in [0.1, 0.15) is 46.0 Å². The standard InChI is InChI=1S/C21H32N4O4/c1-4-25(14-19(26)22-17-10-12-18(29-3)13-11-17)15(2)20(27)24-21(28)23-16-8-6-5-7-9-16/h10-13,15-16H,4-9,14H2,1-3H3,(H,22,26)(H2,23,24,27,28)/p+1/t15-/m1/s1. The zero-order valence-corrected chi connectivity index (χ0v) is 17.5. The predicted molar refractivity (Wildman–Crippen MR) is 111 cm³/mol. The lowest BCUT2D eigenvalue weighted by molar-refractivity contribution is -0.904. The van der Waals surface area contributed by atoms with Crippen LogP contribution in [0, 0.1) is 0 Å². The van der Waals surface area contributed by atoms with Crippen LogP contribution < -0.4 is 25.6 Å². The van der Waals surface area contributed by atoms with Gasteiger partial charge in [-0.15, -0.1) is 0 Å². The maximum atomic E-state index is 12.5. The number of hydrogen-bond acceptors (Lipinski definition) is 4. The Morgan fingerprint density at radius 2 is 1.79 bits per heavy atom. The summed E-state index contributed by atoms with van der Waals surface area (Å²) >= 11 is 0. The molecule has 1 aliphatic carbocycles. The van der Waals surface area contributed by atoms with Gasteiger partial charge in [0.05, 0.1) is 13.7 Å². The zero-order valence-electron chi connectivity index (χ0n) is 17.5. The smallest absolute Gasteiger partial charge is 0.321 e. The third kappa shape index (κ3) is 7.38. The minimum atomic E-state index is -0.529. The number of amides is 4. The summed E-state index contributed by atoms with van der Waals surface area (Å²) in [6.07, 6.45) is 5.31. The molecule has 0 aliphatic heterocycles. The number of nitrogens with one attached hydrogen (secondary N) is 4. The lowest BCUT2D eigenvalue weighted by Crippen LogP contribution is -3.17. The molecule has 8 heteroatoms. The van der Waals surface area contributed by atoms with Gasteiger partial charge >= 0.3 is 6.03 Å². The van der Waals surface area contributed by atoms with E-state index in [0.717, 1.165) is 30.6 Å². The Morgan fingerprint density at radius 1 is 1.14 bits per heavy atom. The Hall–Kier alpha value is -2.61. The molecule has 1 saturated carbocycles. The van der Waals surface area contributed by atoms with Crippen molar-refractivity contribution < 1.29 is 24.0 Å². The molecule has 29 heavy (non-hydrogen) atoms. The largest absolute Gasteiger partial charge is 0.497 e. The molecule has 2 atom stereocenters. The van der Waals surface area contributed by atoms with Crippen LogP contribution in [0.3, 0.4) is 0 Å². The second-order valence-corrected chi connectivity index (χ2v) is 7.48. The van der Waals surface area contributed by atoms with Gasteiger partial charge in [-0.2, -0.15) is 0 Å². The van der Waals surface area contributed by atoms with Gasteiger partial charge in [-0.1, -0.05) is 19.3 Å². The average molecular weight is 406 g/mol. The normalized spacial score (nSPS) is 16.4. The van der Waals surface area contributed by atoms with E-state index in [0.29, 0.717) is 18.0 Å². The van der Waals surface area contributed by atoms with E-state index in [2.05, 4.69) is 16.0 Å². The molecule has 0 radical (unpaired) electrons. The number of imide groups is 1. The minimum Gasteiger partial charge on any atom is -0.497 e. The molecule has 1 fully saturated rings. The highest BCUT2D eigenvalue weighted by atomic mass is 16.5. The van der Waals surface area contributed by atoms with E-state index in [4.69, 9.17) is 4.74 Å². The SMILES string of the molecule is CC[NH+](CC(=O)Nc1ccc(OC)cc1)[C@H](C)C(=O)NC(=O)NC1CCCCC1. The van der Waals surface area contributed by atoms with Crippen molar-refractivity contribution in [2.75, 3.05) is 25.5 Å². The molecule has 0 saturated heterocycles. The lowest BCUT2D eigenvalue weighted by atomic mass is 9.96. The fourth-order valence-corrected chi connectivity index (χ4v) is 3.54.